The first-order chi connectivity index (χ1) is 15.9. The van der Waals surface area contributed by atoms with Crippen LogP contribution in [0.5, 0.6) is 0 Å². The predicted molar refractivity (Wildman–Crippen MR) is 128 cm³/mol. The summed E-state index contributed by atoms with van der Waals surface area (Å²) in [5.74, 6) is 0.520. The fourth-order valence-corrected chi connectivity index (χ4v) is 3.85. The number of nitrogens with one attached hydrogen (secondary N) is 1. The molecule has 1 N–H and O–H groups in total. The van der Waals surface area contributed by atoms with E-state index in [2.05, 4.69) is 25.4 Å². The van der Waals surface area contributed by atoms with E-state index in [4.69, 9.17) is 16.1 Å². The summed E-state index contributed by atoms with van der Waals surface area (Å²) in [7, 11) is 1.77. The van der Waals surface area contributed by atoms with Gasteiger partial charge >= 0.3 is 0 Å². The minimum Gasteiger partial charge on any atom is -0.330 e. The Bertz CT molecular complexity index is 1570. The van der Waals surface area contributed by atoms with E-state index in [1.54, 1.807) is 36.0 Å². The van der Waals surface area contributed by atoms with Crippen molar-refractivity contribution in [3.05, 3.63) is 81.5 Å². The lowest BCUT2D eigenvalue weighted by atomic mass is 9.99. The lowest BCUT2D eigenvalue weighted by Crippen LogP contribution is -2.19. The van der Waals surface area contributed by atoms with Gasteiger partial charge in [0.05, 0.1) is 5.52 Å². The highest BCUT2D eigenvalue weighted by Crippen LogP contribution is 2.28. The third-order valence-corrected chi connectivity index (χ3v) is 5.60. The van der Waals surface area contributed by atoms with Crippen molar-refractivity contribution in [2.75, 3.05) is 5.32 Å². The number of pyridine rings is 3. The van der Waals surface area contributed by atoms with Crippen molar-refractivity contribution in [3.63, 3.8) is 0 Å². The molecule has 0 amide bonds. The molecule has 33 heavy (non-hydrogen) atoms. The van der Waals surface area contributed by atoms with Crippen LogP contribution in [-0.2, 0) is 7.05 Å². The molecule has 0 aliphatic carbocycles. The summed E-state index contributed by atoms with van der Waals surface area (Å²) in [4.78, 5) is 26.1. The zero-order valence-electron chi connectivity index (χ0n) is 18.1. The maximum atomic E-state index is 13.2. The van der Waals surface area contributed by atoms with Crippen LogP contribution < -0.4 is 10.9 Å². The molecule has 0 radical (unpaired) electrons. The second-order valence-electron chi connectivity index (χ2n) is 7.73. The van der Waals surface area contributed by atoms with Gasteiger partial charge in [-0.1, -0.05) is 23.7 Å². The van der Waals surface area contributed by atoms with Crippen molar-refractivity contribution >= 4 is 34.1 Å². The van der Waals surface area contributed by atoms with Gasteiger partial charge in [-0.05, 0) is 66.5 Å². The zero-order chi connectivity index (χ0) is 23.1. The third kappa shape index (κ3) is 3.96. The van der Waals surface area contributed by atoms with E-state index >= 15 is 0 Å². The number of hydrogen-bond acceptors (Lipinski definition) is 7. The molecule has 0 spiro atoms. The van der Waals surface area contributed by atoms with Gasteiger partial charge in [0.25, 0.3) is 17.4 Å². The molecule has 5 aromatic rings. The van der Waals surface area contributed by atoms with E-state index in [0.717, 1.165) is 27.7 Å². The van der Waals surface area contributed by atoms with Crippen molar-refractivity contribution in [2.45, 2.75) is 13.8 Å². The van der Waals surface area contributed by atoms with E-state index < -0.39 is 0 Å². The van der Waals surface area contributed by atoms with Crippen molar-refractivity contribution in [2.24, 2.45) is 7.05 Å². The molecular weight excluding hydrogens is 440 g/mol. The molecule has 5 rings (SSSR count). The topological polar surface area (TPSA) is 98.7 Å². The van der Waals surface area contributed by atoms with Gasteiger partial charge in [-0.15, -0.1) is 0 Å². The van der Waals surface area contributed by atoms with Gasteiger partial charge < -0.3 is 14.4 Å². The fraction of sp³-hybridized carbons (Fsp3) is 0.125. The maximum absolute atomic E-state index is 13.2. The van der Waals surface area contributed by atoms with Crippen LogP contribution in [0.15, 0.2) is 64.0 Å². The summed E-state index contributed by atoms with van der Waals surface area (Å²) < 4.78 is 6.96. The van der Waals surface area contributed by atoms with Crippen molar-refractivity contribution in [3.8, 4) is 22.7 Å². The van der Waals surface area contributed by atoms with Gasteiger partial charge in [0, 0.05) is 35.6 Å². The highest BCUT2D eigenvalue weighted by molar-refractivity contribution is 6.29. The summed E-state index contributed by atoms with van der Waals surface area (Å²) >= 11 is 5.94. The summed E-state index contributed by atoms with van der Waals surface area (Å²) in [6, 6.07) is 14.7. The lowest BCUT2D eigenvalue weighted by Gasteiger charge is -2.12. The molecule has 0 aliphatic rings. The number of aryl methyl sites for hydroxylation is 3. The molecule has 0 atom stereocenters. The Labute approximate surface area is 193 Å². The molecule has 1 aromatic carbocycles. The minimum atomic E-state index is -0.0813. The van der Waals surface area contributed by atoms with Crippen LogP contribution in [0.4, 0.5) is 11.6 Å². The van der Waals surface area contributed by atoms with Crippen molar-refractivity contribution < 1.29 is 4.52 Å². The minimum absolute atomic E-state index is 0.0813. The summed E-state index contributed by atoms with van der Waals surface area (Å²) in [5.41, 5.74) is 5.19. The molecule has 4 aromatic heterocycles. The van der Waals surface area contributed by atoms with E-state index in [1.807, 2.05) is 44.2 Å². The third-order valence-electron chi connectivity index (χ3n) is 5.39. The number of anilines is 2. The van der Waals surface area contributed by atoms with Gasteiger partial charge in [0.2, 0.25) is 0 Å². The Morgan fingerprint density at radius 3 is 2.70 bits per heavy atom. The number of hydrogen-bond donors (Lipinski definition) is 1. The molecule has 8 nitrogen and oxygen atoms in total. The number of halogens is 1. The number of rotatable bonds is 4. The normalized spacial score (nSPS) is 11.2. The number of aromatic nitrogens is 5. The summed E-state index contributed by atoms with van der Waals surface area (Å²) in [5, 5.41) is 8.33. The van der Waals surface area contributed by atoms with E-state index in [-0.39, 0.29) is 17.4 Å². The standard InChI is InChI=1S/C24H19ClN6O2/c1-13-7-8-16(27-24-29-22(33-30-24)19-5-4-6-21(25)28-19)11-17(13)18-10-15-12-26-14(2)9-20(15)31(3)23(18)32/h4-12H,1-3H3,(H,27,30). The van der Waals surface area contributed by atoms with E-state index in [9.17, 15) is 4.79 Å². The Kier molecular flexibility index (Phi) is 5.14. The van der Waals surface area contributed by atoms with Gasteiger partial charge in [-0.2, -0.15) is 4.98 Å². The first-order valence-electron chi connectivity index (χ1n) is 10.2. The molecule has 164 valence electrons. The van der Waals surface area contributed by atoms with Crippen LogP contribution in [0.25, 0.3) is 33.6 Å². The monoisotopic (exact) mass is 458 g/mol. The summed E-state index contributed by atoms with van der Waals surface area (Å²) in [6.07, 6.45) is 1.79. The zero-order valence-corrected chi connectivity index (χ0v) is 18.9. The Morgan fingerprint density at radius 1 is 1.03 bits per heavy atom. The molecule has 0 fully saturated rings. The predicted octanol–water partition coefficient (Wildman–Crippen LogP) is 5.06. The van der Waals surface area contributed by atoms with Gasteiger partial charge in [-0.3, -0.25) is 9.78 Å². The smallest absolute Gasteiger partial charge is 0.278 e. The Morgan fingerprint density at radius 2 is 1.88 bits per heavy atom. The Hall–Kier alpha value is -4.04. The molecular formula is C24H19ClN6O2. The van der Waals surface area contributed by atoms with Gasteiger partial charge in [0.1, 0.15) is 10.8 Å². The molecule has 9 heteroatoms. The molecule has 0 bridgehead atoms. The first kappa shape index (κ1) is 20.8. The van der Waals surface area contributed by atoms with E-state index in [0.29, 0.717) is 22.1 Å². The fourth-order valence-electron chi connectivity index (χ4n) is 3.68. The Balaban J connectivity index is 1.52. The molecule has 0 saturated carbocycles. The first-order valence-corrected chi connectivity index (χ1v) is 10.6. The average Bonchev–Trinajstić information content (AvgIpc) is 3.27. The number of nitrogens with zero attached hydrogens (tertiary/aromatic N) is 5. The van der Waals surface area contributed by atoms with Crippen LogP contribution in [-0.4, -0.2) is 24.7 Å². The highest BCUT2D eigenvalue weighted by atomic mass is 35.5. The van der Waals surface area contributed by atoms with Crippen LogP contribution in [0, 0.1) is 13.8 Å². The molecule has 4 heterocycles. The summed E-state index contributed by atoms with van der Waals surface area (Å²) in [6.45, 7) is 3.87. The average molecular weight is 459 g/mol. The van der Waals surface area contributed by atoms with Gasteiger partial charge in [0.15, 0.2) is 0 Å². The molecule has 0 saturated heterocycles. The van der Waals surface area contributed by atoms with Crippen LogP contribution >= 0.6 is 11.6 Å². The second-order valence-corrected chi connectivity index (χ2v) is 8.12. The lowest BCUT2D eigenvalue weighted by molar-refractivity contribution is 0.431. The highest BCUT2D eigenvalue weighted by Gasteiger charge is 2.14. The van der Waals surface area contributed by atoms with Crippen LogP contribution in [0.3, 0.4) is 0 Å². The number of benzene rings is 1. The quantitative estimate of drug-likeness (QED) is 0.376. The van der Waals surface area contributed by atoms with Crippen LogP contribution in [0.2, 0.25) is 5.15 Å². The number of fused-ring (bicyclic) bond motifs is 1. The maximum Gasteiger partial charge on any atom is 0.278 e. The van der Waals surface area contributed by atoms with Crippen LogP contribution in [0.1, 0.15) is 11.3 Å². The largest absolute Gasteiger partial charge is 0.330 e. The van der Waals surface area contributed by atoms with Gasteiger partial charge in [-0.25, -0.2) is 4.98 Å². The SMILES string of the molecule is Cc1cc2c(cn1)cc(-c1cc(Nc3noc(-c4cccc(Cl)n4)n3)ccc1C)c(=O)n2C. The van der Waals surface area contributed by atoms with Crippen molar-refractivity contribution in [1.29, 1.82) is 0 Å². The molecule has 0 aliphatic heterocycles. The van der Waals surface area contributed by atoms with Crippen molar-refractivity contribution in [1.82, 2.24) is 24.7 Å². The molecule has 0 unspecified atom stereocenters. The van der Waals surface area contributed by atoms with E-state index in [1.165, 1.54) is 0 Å². The second kappa shape index (κ2) is 8.14.